The zero-order chi connectivity index (χ0) is 12.8. The van der Waals surface area contributed by atoms with Gasteiger partial charge in [-0.25, -0.2) is 0 Å². The van der Waals surface area contributed by atoms with Gasteiger partial charge in [0.25, 0.3) is 0 Å². The summed E-state index contributed by atoms with van der Waals surface area (Å²) >= 11 is 0. The molecule has 0 amide bonds. The van der Waals surface area contributed by atoms with Gasteiger partial charge in [-0.05, 0) is 43.5 Å². The molecule has 3 nitrogen and oxygen atoms in total. The first-order valence-corrected chi connectivity index (χ1v) is 5.96. The third-order valence-electron chi connectivity index (χ3n) is 2.80. The average molecular weight is 235 g/mol. The number of nitrogens with one attached hydrogen (secondary N) is 1. The molecule has 0 saturated heterocycles. The Hall–Kier alpha value is -1.51. The molecule has 0 spiro atoms. The summed E-state index contributed by atoms with van der Waals surface area (Å²) in [7, 11) is 1.43. The van der Waals surface area contributed by atoms with E-state index in [1.165, 1.54) is 18.2 Å². The molecule has 0 aliphatic heterocycles. The molecule has 0 aliphatic carbocycles. The van der Waals surface area contributed by atoms with Crippen LogP contribution < -0.4 is 5.32 Å². The van der Waals surface area contributed by atoms with Gasteiger partial charge in [-0.15, -0.1) is 0 Å². The summed E-state index contributed by atoms with van der Waals surface area (Å²) in [6.07, 6.45) is 0.782. The molecule has 1 aromatic carbocycles. The van der Waals surface area contributed by atoms with Gasteiger partial charge in [0.15, 0.2) is 0 Å². The second kappa shape index (κ2) is 6.28. The van der Waals surface area contributed by atoms with Crippen LogP contribution in [0.2, 0.25) is 0 Å². The Bertz CT molecular complexity index is 368. The predicted molar refractivity (Wildman–Crippen MR) is 70.2 cm³/mol. The Labute approximate surface area is 103 Å². The molecule has 1 N–H and O–H groups in total. The first-order chi connectivity index (χ1) is 8.06. The lowest BCUT2D eigenvalue weighted by Gasteiger charge is -2.15. The molecule has 0 heterocycles. The fourth-order valence-electron chi connectivity index (χ4n) is 1.88. The highest BCUT2D eigenvalue weighted by atomic mass is 16.5. The van der Waals surface area contributed by atoms with Gasteiger partial charge in [0.1, 0.15) is 0 Å². The van der Waals surface area contributed by atoms with Crippen LogP contribution in [0.4, 0.5) is 5.69 Å². The molecule has 1 unspecified atom stereocenters. The van der Waals surface area contributed by atoms with Crippen LogP contribution in [-0.4, -0.2) is 19.6 Å². The van der Waals surface area contributed by atoms with Crippen molar-refractivity contribution in [2.24, 2.45) is 5.92 Å². The van der Waals surface area contributed by atoms with Gasteiger partial charge in [-0.1, -0.05) is 13.0 Å². The maximum Gasteiger partial charge on any atom is 0.310 e. The molecule has 3 heteroatoms. The van der Waals surface area contributed by atoms with Crippen molar-refractivity contribution < 1.29 is 9.53 Å². The van der Waals surface area contributed by atoms with Gasteiger partial charge < -0.3 is 10.1 Å². The predicted octanol–water partition coefficient (Wildman–Crippen LogP) is 2.91. The molecule has 1 rings (SSSR count). The molecule has 0 fully saturated rings. The Morgan fingerprint density at radius 1 is 1.29 bits per heavy atom. The third-order valence-corrected chi connectivity index (χ3v) is 2.80. The van der Waals surface area contributed by atoms with E-state index in [9.17, 15) is 4.79 Å². The molecule has 1 aromatic rings. The Kier molecular flexibility index (Phi) is 5.01. The van der Waals surface area contributed by atoms with Crippen molar-refractivity contribution in [3.05, 3.63) is 29.3 Å². The smallest absolute Gasteiger partial charge is 0.310 e. The van der Waals surface area contributed by atoms with Crippen LogP contribution in [0.1, 0.15) is 24.5 Å². The molecule has 1 atom stereocenters. The Morgan fingerprint density at radius 2 is 1.88 bits per heavy atom. The van der Waals surface area contributed by atoms with E-state index in [4.69, 9.17) is 4.74 Å². The Balaban J connectivity index is 2.62. The van der Waals surface area contributed by atoms with Crippen molar-refractivity contribution in [2.75, 3.05) is 19.0 Å². The molecular formula is C14H21NO2. The van der Waals surface area contributed by atoms with E-state index in [2.05, 4.69) is 37.4 Å². The maximum absolute atomic E-state index is 11.4. The highest BCUT2D eigenvalue weighted by Gasteiger charge is 2.16. The summed E-state index contributed by atoms with van der Waals surface area (Å²) in [6, 6.07) is 6.29. The van der Waals surface area contributed by atoms with Crippen molar-refractivity contribution in [1.82, 2.24) is 0 Å². The van der Waals surface area contributed by atoms with E-state index in [0.29, 0.717) is 6.54 Å². The highest BCUT2D eigenvalue weighted by molar-refractivity contribution is 5.73. The number of carbonyl (C=O) groups excluding carboxylic acids is 1. The van der Waals surface area contributed by atoms with Crippen molar-refractivity contribution in [2.45, 2.75) is 27.2 Å². The average Bonchev–Trinajstić information content (AvgIpc) is 2.28. The molecule has 94 valence electrons. The minimum absolute atomic E-state index is 0.0826. The highest BCUT2D eigenvalue weighted by Crippen LogP contribution is 2.15. The third kappa shape index (κ3) is 4.10. The van der Waals surface area contributed by atoms with Crippen LogP contribution in [0.15, 0.2) is 18.2 Å². The van der Waals surface area contributed by atoms with Gasteiger partial charge in [0.05, 0.1) is 13.0 Å². The zero-order valence-corrected chi connectivity index (χ0v) is 11.0. The maximum atomic E-state index is 11.4. The van der Waals surface area contributed by atoms with E-state index in [1.54, 1.807) is 0 Å². The van der Waals surface area contributed by atoms with E-state index in [-0.39, 0.29) is 11.9 Å². The van der Waals surface area contributed by atoms with Crippen LogP contribution in [0.3, 0.4) is 0 Å². The number of ether oxygens (including phenoxy) is 1. The van der Waals surface area contributed by atoms with E-state index < -0.39 is 0 Å². The number of methoxy groups -OCH3 is 1. The van der Waals surface area contributed by atoms with Crippen LogP contribution in [-0.2, 0) is 9.53 Å². The summed E-state index contributed by atoms with van der Waals surface area (Å²) < 4.78 is 4.76. The summed E-state index contributed by atoms with van der Waals surface area (Å²) in [5, 5.41) is 3.29. The van der Waals surface area contributed by atoms with Crippen molar-refractivity contribution in [1.29, 1.82) is 0 Å². The largest absolute Gasteiger partial charge is 0.469 e. The van der Waals surface area contributed by atoms with Gasteiger partial charge >= 0.3 is 5.97 Å². The molecule has 0 saturated carbocycles. The number of anilines is 1. The monoisotopic (exact) mass is 235 g/mol. The molecule has 0 aliphatic rings. The second-order valence-electron chi connectivity index (χ2n) is 4.39. The van der Waals surface area contributed by atoms with Crippen molar-refractivity contribution >= 4 is 11.7 Å². The molecule has 0 bridgehead atoms. The number of esters is 1. The fraction of sp³-hybridized carbons (Fsp3) is 0.500. The minimum atomic E-state index is -0.149. The lowest BCUT2D eigenvalue weighted by atomic mass is 10.1. The molecular weight excluding hydrogens is 214 g/mol. The van der Waals surface area contributed by atoms with E-state index in [0.717, 1.165) is 12.1 Å². The summed E-state index contributed by atoms with van der Waals surface area (Å²) in [5.74, 6) is -0.231. The van der Waals surface area contributed by atoms with Gasteiger partial charge in [-0.3, -0.25) is 4.79 Å². The quantitative estimate of drug-likeness (QED) is 0.797. The van der Waals surface area contributed by atoms with Crippen LogP contribution >= 0.6 is 0 Å². The molecule has 0 aromatic heterocycles. The number of aryl methyl sites for hydroxylation is 2. The molecule has 0 radical (unpaired) electrons. The topological polar surface area (TPSA) is 38.3 Å². The number of hydrogen-bond acceptors (Lipinski definition) is 3. The van der Waals surface area contributed by atoms with Gasteiger partial charge in [0, 0.05) is 12.2 Å². The minimum Gasteiger partial charge on any atom is -0.469 e. The number of rotatable bonds is 5. The zero-order valence-electron chi connectivity index (χ0n) is 11.0. The van der Waals surface area contributed by atoms with Crippen LogP contribution in [0, 0.1) is 19.8 Å². The SMILES string of the molecule is CCC(CNc1cc(C)cc(C)c1)C(=O)OC. The van der Waals surface area contributed by atoms with Crippen LogP contribution in [0.5, 0.6) is 0 Å². The summed E-state index contributed by atoms with van der Waals surface area (Å²) in [5.41, 5.74) is 3.50. The standard InChI is InChI=1S/C14H21NO2/c1-5-12(14(16)17-4)9-15-13-7-10(2)6-11(3)8-13/h6-8,12,15H,5,9H2,1-4H3. The summed E-state index contributed by atoms with van der Waals surface area (Å²) in [6.45, 7) is 6.74. The number of hydrogen-bond donors (Lipinski definition) is 1. The first-order valence-electron chi connectivity index (χ1n) is 5.96. The second-order valence-corrected chi connectivity index (χ2v) is 4.39. The lowest BCUT2D eigenvalue weighted by Crippen LogP contribution is -2.23. The van der Waals surface area contributed by atoms with E-state index in [1.807, 2.05) is 6.92 Å². The van der Waals surface area contributed by atoms with Gasteiger partial charge in [0.2, 0.25) is 0 Å². The van der Waals surface area contributed by atoms with Gasteiger partial charge in [-0.2, -0.15) is 0 Å². The fourth-order valence-corrected chi connectivity index (χ4v) is 1.88. The van der Waals surface area contributed by atoms with Crippen LogP contribution in [0.25, 0.3) is 0 Å². The first kappa shape index (κ1) is 13.6. The number of carbonyl (C=O) groups is 1. The van der Waals surface area contributed by atoms with E-state index >= 15 is 0 Å². The number of benzene rings is 1. The van der Waals surface area contributed by atoms with Crippen molar-refractivity contribution in [3.8, 4) is 0 Å². The van der Waals surface area contributed by atoms with Crippen molar-refractivity contribution in [3.63, 3.8) is 0 Å². The lowest BCUT2D eigenvalue weighted by molar-refractivity contribution is -0.145. The Morgan fingerprint density at radius 3 is 2.35 bits per heavy atom. The summed E-state index contributed by atoms with van der Waals surface area (Å²) in [4.78, 5) is 11.4. The normalized spacial score (nSPS) is 12.0. The molecule has 17 heavy (non-hydrogen) atoms.